The highest BCUT2D eigenvalue weighted by Crippen LogP contribution is 2.39. The molecule has 2 aromatic rings. The summed E-state index contributed by atoms with van der Waals surface area (Å²) < 4.78 is 2.41. The van der Waals surface area contributed by atoms with Gasteiger partial charge in [-0.3, -0.25) is 0 Å². The largest absolute Gasteiger partial charge is 0.396 e. The lowest BCUT2D eigenvalue weighted by Gasteiger charge is -2.13. The molecule has 1 aliphatic rings. The number of aliphatic hydroxyl groups is 2. The Balaban J connectivity index is 1.79. The Hall–Kier alpha value is -0.990. The molecule has 3 atom stereocenters. The first-order valence-corrected chi connectivity index (χ1v) is 8.32. The van der Waals surface area contributed by atoms with Crippen molar-refractivity contribution < 1.29 is 10.2 Å². The molecule has 1 aliphatic carbocycles. The summed E-state index contributed by atoms with van der Waals surface area (Å²) >= 11 is 2.44. The van der Waals surface area contributed by atoms with E-state index in [0.29, 0.717) is 15.9 Å². The minimum Gasteiger partial charge on any atom is -0.396 e. The van der Waals surface area contributed by atoms with Gasteiger partial charge in [-0.25, -0.2) is 4.68 Å². The Morgan fingerprint density at radius 1 is 1.19 bits per heavy atom. The molecule has 0 unspecified atom stereocenters. The van der Waals surface area contributed by atoms with Crippen molar-refractivity contribution in [2.75, 3.05) is 6.61 Å². The Morgan fingerprint density at radius 2 is 1.95 bits per heavy atom. The third-order valence-corrected chi connectivity index (χ3v) is 5.43. The number of hydrogen-bond acceptors (Lipinski definition) is 4. The van der Waals surface area contributed by atoms with E-state index in [-0.39, 0.29) is 13.2 Å². The van der Waals surface area contributed by atoms with Gasteiger partial charge in [0.2, 0.25) is 0 Å². The van der Waals surface area contributed by atoms with Crippen molar-refractivity contribution >= 4 is 22.6 Å². The monoisotopic (exact) mass is 399 g/mol. The highest BCUT2D eigenvalue weighted by atomic mass is 127. The SMILES string of the molecule is OCc1ccc(-c2cn([C@H]3C[C@@H](CO)C[C@@H]3I)nn2)cc1. The van der Waals surface area contributed by atoms with Crippen LogP contribution in [0.15, 0.2) is 30.5 Å². The predicted molar refractivity (Wildman–Crippen MR) is 88.0 cm³/mol. The van der Waals surface area contributed by atoms with Gasteiger partial charge >= 0.3 is 0 Å². The Bertz CT molecular complexity index is 599. The fourth-order valence-electron chi connectivity index (χ4n) is 2.84. The zero-order chi connectivity index (χ0) is 14.8. The van der Waals surface area contributed by atoms with Crippen LogP contribution >= 0.6 is 22.6 Å². The van der Waals surface area contributed by atoms with Crippen LogP contribution in [0, 0.1) is 5.92 Å². The summed E-state index contributed by atoms with van der Waals surface area (Å²) in [4.78, 5) is 0. The molecule has 112 valence electrons. The summed E-state index contributed by atoms with van der Waals surface area (Å²) in [7, 11) is 0. The van der Waals surface area contributed by atoms with Crippen LogP contribution < -0.4 is 0 Å². The number of aromatic nitrogens is 3. The standard InChI is InChI=1S/C15H18IN3O2/c16-13-5-11(9-21)6-15(13)19-7-14(17-18-19)12-3-1-10(8-20)2-4-12/h1-4,7,11,13,15,20-21H,5-6,8-9H2/t11-,13-,15-/m0/s1. The van der Waals surface area contributed by atoms with E-state index in [2.05, 4.69) is 32.9 Å². The number of aliphatic hydroxyl groups excluding tert-OH is 2. The zero-order valence-corrected chi connectivity index (χ0v) is 13.7. The van der Waals surface area contributed by atoms with Crippen LogP contribution in [0.5, 0.6) is 0 Å². The zero-order valence-electron chi connectivity index (χ0n) is 11.6. The number of nitrogens with zero attached hydrogens (tertiary/aromatic N) is 3. The second-order valence-corrected chi connectivity index (χ2v) is 7.14. The van der Waals surface area contributed by atoms with E-state index in [4.69, 9.17) is 5.11 Å². The van der Waals surface area contributed by atoms with Crippen LogP contribution in [0.25, 0.3) is 11.3 Å². The summed E-state index contributed by atoms with van der Waals surface area (Å²) in [5, 5.41) is 26.9. The topological polar surface area (TPSA) is 71.2 Å². The summed E-state index contributed by atoms with van der Waals surface area (Å²) in [6.45, 7) is 0.300. The molecule has 0 radical (unpaired) electrons. The van der Waals surface area contributed by atoms with Crippen molar-refractivity contribution in [3.05, 3.63) is 36.0 Å². The Kier molecular flexibility index (Phi) is 4.56. The van der Waals surface area contributed by atoms with E-state index >= 15 is 0 Å². The molecule has 3 rings (SSSR count). The van der Waals surface area contributed by atoms with Gasteiger partial charge in [0.1, 0.15) is 5.69 Å². The molecule has 0 bridgehead atoms. The minimum atomic E-state index is 0.0497. The molecule has 1 saturated carbocycles. The number of hydrogen-bond donors (Lipinski definition) is 2. The molecule has 1 aromatic heterocycles. The summed E-state index contributed by atoms with van der Waals surface area (Å²) in [5.74, 6) is 0.369. The van der Waals surface area contributed by atoms with Crippen LogP contribution in [0.1, 0.15) is 24.4 Å². The van der Waals surface area contributed by atoms with Gasteiger partial charge in [0.05, 0.1) is 18.8 Å². The summed E-state index contributed by atoms with van der Waals surface area (Å²) in [6.07, 6.45) is 3.96. The maximum Gasteiger partial charge on any atom is 0.113 e. The first-order chi connectivity index (χ1) is 10.2. The molecule has 1 aromatic carbocycles. The Labute approximate surface area is 137 Å². The minimum absolute atomic E-state index is 0.0497. The lowest BCUT2D eigenvalue weighted by atomic mass is 10.1. The van der Waals surface area contributed by atoms with Gasteiger partial charge in [-0.2, -0.15) is 0 Å². The van der Waals surface area contributed by atoms with Gasteiger partial charge in [0.15, 0.2) is 0 Å². The van der Waals surface area contributed by atoms with E-state index in [1.54, 1.807) is 0 Å². The first kappa shape index (κ1) is 14.9. The molecule has 1 fully saturated rings. The average molecular weight is 399 g/mol. The first-order valence-electron chi connectivity index (χ1n) is 7.08. The normalized spacial score (nSPS) is 25.4. The Morgan fingerprint density at radius 3 is 2.57 bits per heavy atom. The van der Waals surface area contributed by atoms with Crippen LogP contribution in [-0.2, 0) is 6.61 Å². The molecular weight excluding hydrogens is 381 g/mol. The van der Waals surface area contributed by atoms with E-state index < -0.39 is 0 Å². The smallest absolute Gasteiger partial charge is 0.113 e. The van der Waals surface area contributed by atoms with Crippen LogP contribution in [0.2, 0.25) is 0 Å². The molecule has 1 heterocycles. The third kappa shape index (κ3) is 3.12. The second-order valence-electron chi connectivity index (χ2n) is 5.54. The highest BCUT2D eigenvalue weighted by Gasteiger charge is 2.34. The van der Waals surface area contributed by atoms with Gasteiger partial charge in [-0.15, -0.1) is 5.10 Å². The molecule has 0 aliphatic heterocycles. The summed E-state index contributed by atoms with van der Waals surface area (Å²) in [6, 6.07) is 8.00. The van der Waals surface area contributed by atoms with Gasteiger partial charge in [0.25, 0.3) is 0 Å². The lowest BCUT2D eigenvalue weighted by molar-refractivity contribution is 0.225. The third-order valence-electron chi connectivity index (χ3n) is 4.09. The van der Waals surface area contributed by atoms with Crippen molar-refractivity contribution in [2.24, 2.45) is 5.92 Å². The van der Waals surface area contributed by atoms with Crippen molar-refractivity contribution in [3.8, 4) is 11.3 Å². The van der Waals surface area contributed by atoms with Gasteiger partial charge in [0, 0.05) is 16.1 Å². The van der Waals surface area contributed by atoms with E-state index in [0.717, 1.165) is 29.7 Å². The van der Waals surface area contributed by atoms with Crippen molar-refractivity contribution in [1.82, 2.24) is 15.0 Å². The average Bonchev–Trinajstić information content (AvgIpc) is 3.13. The molecule has 6 heteroatoms. The fraction of sp³-hybridized carbons (Fsp3) is 0.467. The number of alkyl halides is 1. The van der Waals surface area contributed by atoms with Gasteiger partial charge < -0.3 is 10.2 Å². The molecule has 2 N–H and O–H groups in total. The maximum atomic E-state index is 9.31. The molecule has 0 spiro atoms. The van der Waals surface area contributed by atoms with E-state index in [1.165, 1.54) is 0 Å². The predicted octanol–water partition coefficient (Wildman–Crippen LogP) is 2.18. The lowest BCUT2D eigenvalue weighted by Crippen LogP contribution is -2.14. The highest BCUT2D eigenvalue weighted by molar-refractivity contribution is 14.1. The summed E-state index contributed by atoms with van der Waals surface area (Å²) in [5.41, 5.74) is 2.73. The van der Waals surface area contributed by atoms with Crippen molar-refractivity contribution in [3.63, 3.8) is 0 Å². The van der Waals surface area contributed by atoms with Crippen LogP contribution in [0.4, 0.5) is 0 Å². The van der Waals surface area contributed by atoms with Crippen LogP contribution in [0.3, 0.4) is 0 Å². The van der Waals surface area contributed by atoms with Crippen molar-refractivity contribution in [1.29, 1.82) is 0 Å². The van der Waals surface area contributed by atoms with Crippen molar-refractivity contribution in [2.45, 2.75) is 29.4 Å². The van der Waals surface area contributed by atoms with E-state index in [1.807, 2.05) is 35.1 Å². The number of benzene rings is 1. The maximum absolute atomic E-state index is 9.31. The van der Waals surface area contributed by atoms with E-state index in [9.17, 15) is 5.11 Å². The molecule has 5 nitrogen and oxygen atoms in total. The van der Waals surface area contributed by atoms with Gasteiger partial charge in [-0.1, -0.05) is 52.1 Å². The molecule has 0 amide bonds. The molecule has 21 heavy (non-hydrogen) atoms. The second kappa shape index (κ2) is 6.41. The number of rotatable bonds is 4. The van der Waals surface area contributed by atoms with Crippen LogP contribution in [-0.4, -0.2) is 35.7 Å². The molecule has 0 saturated heterocycles. The quantitative estimate of drug-likeness (QED) is 0.611. The molecular formula is C15H18IN3O2. The van der Waals surface area contributed by atoms with Gasteiger partial charge in [-0.05, 0) is 24.3 Å². The fourth-order valence-corrected chi connectivity index (χ4v) is 4.18. The number of halogens is 1.